The van der Waals surface area contributed by atoms with E-state index in [1.165, 1.54) is 6.07 Å². The third kappa shape index (κ3) is 3.09. The fourth-order valence-corrected chi connectivity index (χ4v) is 4.56. The minimum absolute atomic E-state index is 0.0618. The maximum absolute atomic E-state index is 12.8. The average Bonchev–Trinajstić information content (AvgIpc) is 3.13. The van der Waals surface area contributed by atoms with E-state index < -0.39 is 6.61 Å². The van der Waals surface area contributed by atoms with Gasteiger partial charge in [0.05, 0.1) is 11.1 Å². The van der Waals surface area contributed by atoms with E-state index in [0.717, 1.165) is 48.9 Å². The van der Waals surface area contributed by atoms with Crippen molar-refractivity contribution in [3.05, 3.63) is 48.2 Å². The Balaban J connectivity index is 1.42. The smallest absolute Gasteiger partial charge is 0.387 e. The molecule has 7 heteroatoms. The summed E-state index contributed by atoms with van der Waals surface area (Å²) < 4.78 is 31.3. The molecule has 1 unspecified atom stereocenters. The van der Waals surface area contributed by atoms with Crippen LogP contribution in [0.4, 0.5) is 8.78 Å². The number of fused-ring (bicyclic) bond motifs is 6. The van der Waals surface area contributed by atoms with E-state index in [1.807, 2.05) is 28.8 Å². The van der Waals surface area contributed by atoms with E-state index in [4.69, 9.17) is 0 Å². The summed E-state index contributed by atoms with van der Waals surface area (Å²) in [6, 6.07) is 10.6. The van der Waals surface area contributed by atoms with Crippen LogP contribution >= 0.6 is 0 Å². The Morgan fingerprint density at radius 2 is 1.96 bits per heavy atom. The molecule has 1 aromatic carbocycles. The van der Waals surface area contributed by atoms with Crippen LogP contribution in [-0.4, -0.2) is 47.5 Å². The second kappa shape index (κ2) is 6.74. The molecule has 6 rings (SSSR count). The van der Waals surface area contributed by atoms with Gasteiger partial charge in [0.2, 0.25) is 0 Å². The van der Waals surface area contributed by atoms with Gasteiger partial charge in [-0.05, 0) is 62.2 Å². The summed E-state index contributed by atoms with van der Waals surface area (Å²) in [7, 11) is 0. The fraction of sp³-hybridized carbons (Fsp3) is 0.381. The van der Waals surface area contributed by atoms with Gasteiger partial charge in [-0.15, -0.1) is 0 Å². The summed E-state index contributed by atoms with van der Waals surface area (Å²) in [5.41, 5.74) is 2.33. The van der Waals surface area contributed by atoms with Crippen LogP contribution in [0.3, 0.4) is 0 Å². The lowest BCUT2D eigenvalue weighted by molar-refractivity contribution is -0.0497. The molecule has 3 aliphatic heterocycles. The van der Waals surface area contributed by atoms with Crippen LogP contribution < -0.4 is 10.1 Å². The Morgan fingerprint density at radius 3 is 2.68 bits per heavy atom. The molecule has 3 saturated heterocycles. The molecule has 0 radical (unpaired) electrons. The lowest BCUT2D eigenvalue weighted by Gasteiger charge is -2.44. The molecule has 3 fully saturated rings. The highest BCUT2D eigenvalue weighted by Crippen LogP contribution is 2.28. The lowest BCUT2D eigenvalue weighted by atomic mass is 9.84. The quantitative estimate of drug-likeness (QED) is 0.748. The van der Waals surface area contributed by atoms with Gasteiger partial charge in [0.15, 0.2) is 0 Å². The number of carbonyl (C=O) groups is 1. The molecule has 0 aliphatic carbocycles. The van der Waals surface area contributed by atoms with Crippen molar-refractivity contribution in [3.8, 4) is 5.75 Å². The topological polar surface area (TPSA) is 46.0 Å². The van der Waals surface area contributed by atoms with Gasteiger partial charge >= 0.3 is 6.61 Å². The second-order valence-electron chi connectivity index (χ2n) is 7.67. The summed E-state index contributed by atoms with van der Waals surface area (Å²) in [4.78, 5) is 15.2. The van der Waals surface area contributed by atoms with E-state index in [2.05, 4.69) is 15.0 Å². The summed E-state index contributed by atoms with van der Waals surface area (Å²) >= 11 is 0. The van der Waals surface area contributed by atoms with E-state index in [0.29, 0.717) is 11.5 Å². The zero-order valence-corrected chi connectivity index (χ0v) is 15.3. The van der Waals surface area contributed by atoms with Crippen LogP contribution in [0.5, 0.6) is 5.75 Å². The summed E-state index contributed by atoms with van der Waals surface area (Å²) in [6.07, 6.45) is 4.11. The van der Waals surface area contributed by atoms with Crippen molar-refractivity contribution in [2.75, 3.05) is 19.6 Å². The largest absolute Gasteiger partial charge is 0.435 e. The number of alkyl halides is 2. The molecule has 0 saturated carbocycles. The number of rotatable bonds is 4. The Hall–Kier alpha value is -2.67. The number of nitrogens with one attached hydrogen (secondary N) is 1. The van der Waals surface area contributed by atoms with E-state index in [9.17, 15) is 13.6 Å². The highest BCUT2D eigenvalue weighted by Gasteiger charge is 2.35. The Bertz CT molecular complexity index is 1040. The van der Waals surface area contributed by atoms with E-state index >= 15 is 0 Å². The molecule has 3 aliphatic rings. The molecule has 0 spiro atoms. The van der Waals surface area contributed by atoms with Crippen molar-refractivity contribution in [2.45, 2.75) is 25.5 Å². The first-order chi connectivity index (χ1) is 13.6. The molecule has 2 aromatic heterocycles. The van der Waals surface area contributed by atoms with Crippen LogP contribution in [0.1, 0.15) is 23.2 Å². The first kappa shape index (κ1) is 17.4. The number of amides is 1. The van der Waals surface area contributed by atoms with Crippen LogP contribution in [0.25, 0.3) is 16.4 Å². The van der Waals surface area contributed by atoms with Gasteiger partial charge in [-0.2, -0.15) is 8.78 Å². The van der Waals surface area contributed by atoms with Crippen LogP contribution in [0.2, 0.25) is 0 Å². The van der Waals surface area contributed by atoms with Crippen molar-refractivity contribution in [1.82, 2.24) is 14.6 Å². The van der Waals surface area contributed by atoms with Gasteiger partial charge in [-0.1, -0.05) is 6.07 Å². The zero-order chi connectivity index (χ0) is 19.3. The molecule has 3 aromatic rings. The predicted octanol–water partition coefficient (Wildman–Crippen LogP) is 3.52. The highest BCUT2D eigenvalue weighted by atomic mass is 19.3. The number of piperidine rings is 3. The summed E-state index contributed by atoms with van der Waals surface area (Å²) in [5, 5.41) is 3.98. The number of benzene rings is 1. The lowest BCUT2D eigenvalue weighted by Crippen LogP contribution is -2.57. The number of hydrogen-bond acceptors (Lipinski definition) is 3. The number of hydrogen-bond donors (Lipinski definition) is 1. The number of nitrogens with zero attached hydrogens (tertiary/aromatic N) is 2. The standard InChI is InChI=1S/C21H21F2N3O2/c22-21(23)28-17-3-4-19-14(10-17)1-2-16-9-15(11-26(16)19)20(27)24-18-12-25-7-5-13(18)6-8-25/h1-4,9-11,13,18,21H,5-8,12H2,(H,24,27). The van der Waals surface area contributed by atoms with Gasteiger partial charge in [0, 0.05) is 29.7 Å². The van der Waals surface area contributed by atoms with Crippen molar-refractivity contribution in [2.24, 2.45) is 5.92 Å². The van der Waals surface area contributed by atoms with Gasteiger partial charge in [-0.25, -0.2) is 0 Å². The number of pyridine rings is 1. The second-order valence-corrected chi connectivity index (χ2v) is 7.67. The number of halogens is 2. The van der Waals surface area contributed by atoms with Crippen molar-refractivity contribution in [1.29, 1.82) is 0 Å². The van der Waals surface area contributed by atoms with Gasteiger partial charge < -0.3 is 19.4 Å². The first-order valence-electron chi connectivity index (χ1n) is 9.60. The third-order valence-electron chi connectivity index (χ3n) is 6.00. The Kier molecular flexibility index (Phi) is 4.19. The van der Waals surface area contributed by atoms with Crippen molar-refractivity contribution >= 4 is 22.3 Å². The maximum atomic E-state index is 12.8. The normalized spacial score (nSPS) is 24.2. The van der Waals surface area contributed by atoms with Crippen LogP contribution in [-0.2, 0) is 0 Å². The molecule has 146 valence electrons. The van der Waals surface area contributed by atoms with Gasteiger partial charge in [-0.3, -0.25) is 4.79 Å². The fourth-order valence-electron chi connectivity index (χ4n) is 4.56. The van der Waals surface area contributed by atoms with E-state index in [-0.39, 0.29) is 17.7 Å². The molecular weight excluding hydrogens is 364 g/mol. The third-order valence-corrected chi connectivity index (χ3v) is 6.00. The Morgan fingerprint density at radius 1 is 1.14 bits per heavy atom. The first-order valence-corrected chi connectivity index (χ1v) is 9.60. The van der Waals surface area contributed by atoms with Crippen LogP contribution in [0.15, 0.2) is 42.6 Å². The predicted molar refractivity (Wildman–Crippen MR) is 102 cm³/mol. The maximum Gasteiger partial charge on any atom is 0.387 e. The van der Waals surface area contributed by atoms with Gasteiger partial charge in [0.25, 0.3) is 5.91 Å². The molecular formula is C21H21F2N3O2. The average molecular weight is 385 g/mol. The molecule has 1 amide bonds. The monoisotopic (exact) mass is 385 g/mol. The molecule has 1 N–H and O–H groups in total. The summed E-state index contributed by atoms with van der Waals surface area (Å²) in [6.45, 7) is 0.348. The minimum Gasteiger partial charge on any atom is -0.435 e. The van der Waals surface area contributed by atoms with Crippen molar-refractivity contribution < 1.29 is 18.3 Å². The molecule has 2 bridgehead atoms. The zero-order valence-electron chi connectivity index (χ0n) is 15.3. The van der Waals surface area contributed by atoms with Crippen molar-refractivity contribution in [3.63, 3.8) is 0 Å². The molecule has 1 atom stereocenters. The molecule has 28 heavy (non-hydrogen) atoms. The molecule has 5 nitrogen and oxygen atoms in total. The van der Waals surface area contributed by atoms with Crippen LogP contribution in [0, 0.1) is 5.92 Å². The molecule has 5 heterocycles. The van der Waals surface area contributed by atoms with Gasteiger partial charge in [0.1, 0.15) is 5.75 Å². The number of carbonyl (C=O) groups excluding carboxylic acids is 1. The number of ether oxygens (including phenoxy) is 1. The Labute approximate surface area is 160 Å². The highest BCUT2D eigenvalue weighted by molar-refractivity contribution is 5.97. The van der Waals surface area contributed by atoms with E-state index in [1.54, 1.807) is 12.1 Å². The number of aromatic nitrogens is 1. The minimum atomic E-state index is -2.85. The summed E-state index contributed by atoms with van der Waals surface area (Å²) in [5.74, 6) is 0.627. The SMILES string of the molecule is O=C(NC1CN2CCC1CC2)c1cc2ccc3cc(OC(F)F)ccc3n2c1.